The number of thiophene rings is 1. The number of nitrogens with zero attached hydrogens (tertiary/aromatic N) is 2. The van der Waals surface area contributed by atoms with Crippen molar-refractivity contribution < 1.29 is 9.84 Å². The van der Waals surface area contributed by atoms with Crippen LogP contribution in [0.4, 0.5) is 0 Å². The monoisotopic (exact) mass is 308 g/mol. The molecule has 0 aliphatic heterocycles. The third kappa shape index (κ3) is 4.60. The SMILES string of the molecule is OC(CNCc1nc(C2CC2)n[nH]1)COCc1cccs1. The Morgan fingerprint density at radius 2 is 2.43 bits per heavy atom. The number of aliphatic hydroxyl groups excluding tert-OH is 1. The van der Waals surface area contributed by atoms with Crippen molar-refractivity contribution in [2.24, 2.45) is 0 Å². The summed E-state index contributed by atoms with van der Waals surface area (Å²) in [5.74, 6) is 2.31. The van der Waals surface area contributed by atoms with E-state index in [0.29, 0.717) is 32.2 Å². The van der Waals surface area contributed by atoms with E-state index in [-0.39, 0.29) is 0 Å². The van der Waals surface area contributed by atoms with Gasteiger partial charge < -0.3 is 15.2 Å². The summed E-state index contributed by atoms with van der Waals surface area (Å²) in [4.78, 5) is 5.60. The normalized spacial score (nSPS) is 16.2. The molecular formula is C14H20N4O2S. The van der Waals surface area contributed by atoms with Gasteiger partial charge in [-0.25, -0.2) is 4.98 Å². The first kappa shape index (κ1) is 14.6. The van der Waals surface area contributed by atoms with Gasteiger partial charge in [0.15, 0.2) is 5.82 Å². The Balaban J connectivity index is 1.29. The summed E-state index contributed by atoms with van der Waals surface area (Å²) in [5, 5.41) is 22.1. The van der Waals surface area contributed by atoms with Crippen molar-refractivity contribution in [3.63, 3.8) is 0 Å². The molecule has 0 bridgehead atoms. The van der Waals surface area contributed by atoms with Gasteiger partial charge in [0.1, 0.15) is 5.82 Å². The van der Waals surface area contributed by atoms with Gasteiger partial charge in [0.25, 0.3) is 0 Å². The molecule has 0 spiro atoms. The van der Waals surface area contributed by atoms with Crippen LogP contribution in [0.15, 0.2) is 17.5 Å². The van der Waals surface area contributed by atoms with Crippen molar-refractivity contribution in [2.45, 2.75) is 38.0 Å². The molecule has 0 amide bonds. The molecule has 0 radical (unpaired) electrons. The fourth-order valence-electron chi connectivity index (χ4n) is 2.02. The minimum Gasteiger partial charge on any atom is -0.389 e. The van der Waals surface area contributed by atoms with Crippen molar-refractivity contribution in [3.05, 3.63) is 34.0 Å². The van der Waals surface area contributed by atoms with Gasteiger partial charge in [-0.2, -0.15) is 5.10 Å². The van der Waals surface area contributed by atoms with Crippen molar-refractivity contribution in [1.29, 1.82) is 0 Å². The Hall–Kier alpha value is -1.28. The van der Waals surface area contributed by atoms with Crippen molar-refractivity contribution in [1.82, 2.24) is 20.5 Å². The molecular weight excluding hydrogens is 288 g/mol. The molecule has 1 saturated carbocycles. The highest BCUT2D eigenvalue weighted by molar-refractivity contribution is 7.09. The van der Waals surface area contributed by atoms with Crippen LogP contribution in [0.1, 0.15) is 35.3 Å². The van der Waals surface area contributed by atoms with Crippen molar-refractivity contribution in [2.75, 3.05) is 13.2 Å². The smallest absolute Gasteiger partial charge is 0.153 e. The Bertz CT molecular complexity index is 539. The van der Waals surface area contributed by atoms with Crippen LogP contribution in [0.3, 0.4) is 0 Å². The van der Waals surface area contributed by atoms with Gasteiger partial charge in [0.2, 0.25) is 0 Å². The first-order valence-electron chi connectivity index (χ1n) is 7.21. The molecule has 1 aliphatic carbocycles. The van der Waals surface area contributed by atoms with E-state index in [2.05, 4.69) is 20.5 Å². The van der Waals surface area contributed by atoms with Crippen LogP contribution in [0, 0.1) is 0 Å². The molecule has 2 aromatic heterocycles. The number of aliphatic hydroxyl groups is 1. The number of hydrogen-bond donors (Lipinski definition) is 3. The predicted molar refractivity (Wildman–Crippen MR) is 80.0 cm³/mol. The number of aromatic amines is 1. The van der Waals surface area contributed by atoms with Gasteiger partial charge >= 0.3 is 0 Å². The Kier molecular flexibility index (Phi) is 4.97. The van der Waals surface area contributed by atoms with Crippen LogP contribution in [0.5, 0.6) is 0 Å². The molecule has 6 nitrogen and oxygen atoms in total. The lowest BCUT2D eigenvalue weighted by molar-refractivity contribution is 0.0296. The molecule has 0 saturated heterocycles. The third-order valence-corrected chi connectivity index (χ3v) is 4.15. The van der Waals surface area contributed by atoms with E-state index in [0.717, 1.165) is 11.6 Å². The number of H-pyrrole nitrogens is 1. The second-order valence-corrected chi connectivity index (χ2v) is 6.33. The number of nitrogens with one attached hydrogen (secondary N) is 2. The molecule has 3 rings (SSSR count). The molecule has 2 heterocycles. The number of aromatic nitrogens is 3. The predicted octanol–water partition coefficient (Wildman–Crippen LogP) is 1.41. The van der Waals surface area contributed by atoms with E-state index in [1.807, 2.05) is 17.5 Å². The standard InChI is InChI=1S/C14H20N4O2S/c19-11(8-20-9-12-2-1-5-21-12)6-15-7-13-16-14(18-17-13)10-3-4-10/h1-2,5,10-11,15,19H,3-4,6-9H2,(H,16,17,18). The largest absolute Gasteiger partial charge is 0.389 e. The van der Waals surface area contributed by atoms with Gasteiger partial charge in [0.05, 0.1) is 25.9 Å². The summed E-state index contributed by atoms with van der Waals surface area (Å²) in [6.45, 7) is 1.95. The Labute approximate surface area is 127 Å². The maximum atomic E-state index is 9.83. The lowest BCUT2D eigenvalue weighted by atomic mass is 10.3. The highest BCUT2D eigenvalue weighted by Crippen LogP contribution is 2.37. The van der Waals surface area contributed by atoms with Gasteiger partial charge in [-0.3, -0.25) is 5.10 Å². The molecule has 21 heavy (non-hydrogen) atoms. The van der Waals surface area contributed by atoms with Crippen LogP contribution in [0.2, 0.25) is 0 Å². The van der Waals surface area contributed by atoms with Crippen LogP contribution < -0.4 is 5.32 Å². The zero-order valence-electron chi connectivity index (χ0n) is 11.8. The summed E-state index contributed by atoms with van der Waals surface area (Å²) in [5.41, 5.74) is 0. The fourth-order valence-corrected chi connectivity index (χ4v) is 2.66. The molecule has 2 aromatic rings. The maximum Gasteiger partial charge on any atom is 0.153 e. The van der Waals surface area contributed by atoms with Crippen molar-refractivity contribution >= 4 is 11.3 Å². The summed E-state index contributed by atoms with van der Waals surface area (Å²) in [7, 11) is 0. The number of hydrogen-bond acceptors (Lipinski definition) is 6. The summed E-state index contributed by atoms with van der Waals surface area (Å²) < 4.78 is 5.47. The lowest BCUT2D eigenvalue weighted by Gasteiger charge is -2.11. The zero-order valence-corrected chi connectivity index (χ0v) is 12.6. The molecule has 1 atom stereocenters. The van der Waals surface area contributed by atoms with Crippen molar-refractivity contribution in [3.8, 4) is 0 Å². The third-order valence-electron chi connectivity index (χ3n) is 3.30. The zero-order chi connectivity index (χ0) is 14.5. The van der Waals surface area contributed by atoms with Crippen LogP contribution in [-0.2, 0) is 17.9 Å². The number of ether oxygens (including phenoxy) is 1. The molecule has 1 aliphatic rings. The molecule has 1 fully saturated rings. The Morgan fingerprint density at radius 3 is 3.19 bits per heavy atom. The van der Waals surface area contributed by atoms with E-state index in [1.54, 1.807) is 11.3 Å². The van der Waals surface area contributed by atoms with E-state index >= 15 is 0 Å². The van der Waals surface area contributed by atoms with Crippen LogP contribution >= 0.6 is 11.3 Å². The quantitative estimate of drug-likeness (QED) is 0.652. The molecule has 7 heteroatoms. The average Bonchev–Trinajstić information content (AvgIpc) is 3.00. The van der Waals surface area contributed by atoms with E-state index in [4.69, 9.17) is 4.74 Å². The second kappa shape index (κ2) is 7.13. The molecule has 3 N–H and O–H groups in total. The summed E-state index contributed by atoms with van der Waals surface area (Å²) in [6, 6.07) is 4.02. The minimum atomic E-state index is -0.518. The first-order chi connectivity index (χ1) is 10.3. The summed E-state index contributed by atoms with van der Waals surface area (Å²) in [6.07, 6.45) is 1.88. The lowest BCUT2D eigenvalue weighted by Crippen LogP contribution is -2.30. The van der Waals surface area contributed by atoms with E-state index < -0.39 is 6.10 Å². The first-order valence-corrected chi connectivity index (χ1v) is 8.09. The molecule has 0 aromatic carbocycles. The van der Waals surface area contributed by atoms with E-state index in [9.17, 15) is 5.11 Å². The second-order valence-electron chi connectivity index (χ2n) is 5.29. The van der Waals surface area contributed by atoms with Gasteiger partial charge in [-0.15, -0.1) is 11.3 Å². The highest BCUT2D eigenvalue weighted by Gasteiger charge is 2.27. The van der Waals surface area contributed by atoms with Crippen LogP contribution in [-0.4, -0.2) is 39.5 Å². The fraction of sp³-hybridized carbons (Fsp3) is 0.571. The van der Waals surface area contributed by atoms with E-state index in [1.165, 1.54) is 17.7 Å². The topological polar surface area (TPSA) is 83.1 Å². The maximum absolute atomic E-state index is 9.83. The Morgan fingerprint density at radius 1 is 1.52 bits per heavy atom. The molecule has 114 valence electrons. The van der Waals surface area contributed by atoms with Crippen LogP contribution in [0.25, 0.3) is 0 Å². The van der Waals surface area contributed by atoms with Gasteiger partial charge in [-0.1, -0.05) is 6.07 Å². The highest BCUT2D eigenvalue weighted by atomic mass is 32.1. The number of rotatable bonds is 9. The van der Waals surface area contributed by atoms with Gasteiger partial charge in [-0.05, 0) is 24.3 Å². The molecule has 1 unspecified atom stereocenters. The van der Waals surface area contributed by atoms with Gasteiger partial charge in [0, 0.05) is 17.3 Å². The summed E-state index contributed by atoms with van der Waals surface area (Å²) >= 11 is 1.66. The average molecular weight is 308 g/mol. The minimum absolute atomic E-state index is 0.328.